The lowest BCUT2D eigenvalue weighted by molar-refractivity contribution is -0.126. The third-order valence-corrected chi connectivity index (χ3v) is 2.90. The van der Waals surface area contributed by atoms with Gasteiger partial charge in [-0.1, -0.05) is 6.07 Å². The lowest BCUT2D eigenvalue weighted by Crippen LogP contribution is -2.39. The number of hydroxylamine groups is 1. The second kappa shape index (κ2) is 5.63. The second-order valence-corrected chi connectivity index (χ2v) is 5.74. The molecule has 0 aromatic heterocycles. The first-order chi connectivity index (χ1) is 9.80. The van der Waals surface area contributed by atoms with E-state index in [1.165, 1.54) is 7.11 Å². The number of hydrogen-bond acceptors (Lipinski definition) is 5. The molecule has 1 aromatic carbocycles. The Morgan fingerprint density at radius 2 is 1.95 bits per heavy atom. The van der Waals surface area contributed by atoms with E-state index in [0.717, 1.165) is 10.6 Å². The van der Waals surface area contributed by atoms with E-state index in [0.29, 0.717) is 17.9 Å². The Kier molecular flexibility index (Phi) is 4.06. The molecule has 0 N–H and O–H groups in total. The van der Waals surface area contributed by atoms with E-state index in [1.54, 1.807) is 32.9 Å². The Labute approximate surface area is 123 Å². The molecule has 6 nitrogen and oxygen atoms in total. The minimum Gasteiger partial charge on any atom is -0.497 e. The normalized spacial score (nSPS) is 14.5. The zero-order valence-corrected chi connectivity index (χ0v) is 12.6. The second-order valence-electron chi connectivity index (χ2n) is 5.74. The number of anilines is 1. The molecule has 0 unspecified atom stereocenters. The van der Waals surface area contributed by atoms with Gasteiger partial charge in [-0.3, -0.25) is 9.63 Å². The van der Waals surface area contributed by atoms with E-state index in [1.807, 2.05) is 6.07 Å². The lowest BCUT2D eigenvalue weighted by Gasteiger charge is -2.28. The van der Waals surface area contributed by atoms with Crippen molar-refractivity contribution >= 4 is 17.7 Å². The minimum atomic E-state index is -0.911. The Bertz CT molecular complexity index is 562. The number of methoxy groups -OCH3 is 1. The van der Waals surface area contributed by atoms with Gasteiger partial charge in [-0.25, -0.2) is 4.79 Å². The van der Waals surface area contributed by atoms with Gasteiger partial charge in [0.2, 0.25) is 0 Å². The average molecular weight is 293 g/mol. The quantitative estimate of drug-likeness (QED) is 0.784. The summed E-state index contributed by atoms with van der Waals surface area (Å²) in [6.45, 7) is 5.18. The topological polar surface area (TPSA) is 65.1 Å². The van der Waals surface area contributed by atoms with Crippen LogP contribution in [0, 0.1) is 0 Å². The van der Waals surface area contributed by atoms with Crippen molar-refractivity contribution in [3.05, 3.63) is 23.8 Å². The van der Waals surface area contributed by atoms with Crippen molar-refractivity contribution in [3.8, 4) is 5.75 Å². The summed E-state index contributed by atoms with van der Waals surface area (Å²) in [5.74, 6) is 0.294. The number of aryl methyl sites for hydroxylation is 1. The van der Waals surface area contributed by atoms with Gasteiger partial charge >= 0.3 is 6.16 Å². The largest absolute Gasteiger partial charge is 0.534 e. The van der Waals surface area contributed by atoms with Gasteiger partial charge in [0, 0.05) is 12.5 Å². The average Bonchev–Trinajstić information content (AvgIpc) is 2.39. The Hall–Kier alpha value is -2.24. The van der Waals surface area contributed by atoms with Crippen LogP contribution in [-0.4, -0.2) is 24.8 Å². The highest BCUT2D eigenvalue weighted by molar-refractivity contribution is 5.96. The molecule has 0 aliphatic carbocycles. The predicted octanol–water partition coefficient (Wildman–Crippen LogP) is 2.84. The third-order valence-electron chi connectivity index (χ3n) is 2.90. The summed E-state index contributed by atoms with van der Waals surface area (Å²) in [6, 6.07) is 5.32. The first-order valence-corrected chi connectivity index (χ1v) is 6.71. The summed E-state index contributed by atoms with van der Waals surface area (Å²) in [5, 5.41) is 0.982. The van der Waals surface area contributed by atoms with Gasteiger partial charge < -0.3 is 9.47 Å². The fourth-order valence-electron chi connectivity index (χ4n) is 1.99. The first-order valence-electron chi connectivity index (χ1n) is 6.71. The predicted molar refractivity (Wildman–Crippen MR) is 76.1 cm³/mol. The van der Waals surface area contributed by atoms with Gasteiger partial charge in [0.1, 0.15) is 11.4 Å². The number of rotatable bonds is 2. The van der Waals surface area contributed by atoms with Gasteiger partial charge in [0.25, 0.3) is 5.91 Å². The molecule has 1 aliphatic heterocycles. The molecule has 0 fully saturated rings. The lowest BCUT2D eigenvalue weighted by atomic mass is 10.0. The van der Waals surface area contributed by atoms with Crippen LogP contribution in [0.2, 0.25) is 0 Å². The number of nitrogens with zero attached hydrogens (tertiary/aromatic N) is 1. The standard InChI is InChI=1S/C15H19NO5/c1-15(2,3)20-14(18)21-16-12-9-11(19-4)7-5-10(12)6-8-13(16)17/h5,7,9H,6,8H2,1-4H3. The van der Waals surface area contributed by atoms with Gasteiger partial charge in [0.05, 0.1) is 12.8 Å². The fourth-order valence-corrected chi connectivity index (χ4v) is 1.99. The summed E-state index contributed by atoms with van der Waals surface area (Å²) in [7, 11) is 1.53. The molecular weight excluding hydrogens is 274 g/mol. The van der Waals surface area contributed by atoms with E-state index < -0.39 is 11.8 Å². The zero-order chi connectivity index (χ0) is 15.6. The van der Waals surface area contributed by atoms with Crippen LogP contribution in [0.4, 0.5) is 10.5 Å². The molecule has 0 saturated carbocycles. The third kappa shape index (κ3) is 3.65. The van der Waals surface area contributed by atoms with Crippen LogP contribution >= 0.6 is 0 Å². The smallest absolute Gasteiger partial charge is 0.497 e. The van der Waals surface area contributed by atoms with E-state index in [2.05, 4.69) is 0 Å². The highest BCUT2D eigenvalue weighted by Gasteiger charge is 2.30. The van der Waals surface area contributed by atoms with Crippen molar-refractivity contribution in [1.29, 1.82) is 0 Å². The summed E-state index contributed by atoms with van der Waals surface area (Å²) in [6.07, 6.45) is -0.0272. The molecule has 21 heavy (non-hydrogen) atoms. The highest BCUT2D eigenvalue weighted by Crippen LogP contribution is 2.32. The number of hydrogen-bond donors (Lipinski definition) is 0. The van der Waals surface area contributed by atoms with Crippen LogP contribution in [0.5, 0.6) is 5.75 Å². The fraction of sp³-hybridized carbons (Fsp3) is 0.467. The van der Waals surface area contributed by atoms with Crippen LogP contribution in [-0.2, 0) is 20.8 Å². The molecule has 1 amide bonds. The Morgan fingerprint density at radius 3 is 2.57 bits per heavy atom. The maximum atomic E-state index is 12.0. The monoisotopic (exact) mass is 293 g/mol. The van der Waals surface area contributed by atoms with Crippen LogP contribution in [0.3, 0.4) is 0 Å². The van der Waals surface area contributed by atoms with Crippen molar-refractivity contribution in [1.82, 2.24) is 0 Å². The molecule has 0 spiro atoms. The van der Waals surface area contributed by atoms with E-state index in [-0.39, 0.29) is 12.3 Å². The van der Waals surface area contributed by atoms with Gasteiger partial charge in [-0.05, 0) is 38.8 Å². The first kappa shape index (κ1) is 15.2. The Balaban J connectivity index is 2.23. The van der Waals surface area contributed by atoms with Crippen molar-refractivity contribution in [2.75, 3.05) is 12.2 Å². The van der Waals surface area contributed by atoms with Crippen LogP contribution in [0.15, 0.2) is 18.2 Å². The molecule has 0 bridgehead atoms. The molecule has 0 atom stereocenters. The van der Waals surface area contributed by atoms with Crippen molar-refractivity contribution in [2.45, 2.75) is 39.2 Å². The van der Waals surface area contributed by atoms with E-state index in [9.17, 15) is 9.59 Å². The molecule has 6 heteroatoms. The van der Waals surface area contributed by atoms with Crippen LogP contribution in [0.25, 0.3) is 0 Å². The number of fused-ring (bicyclic) bond motifs is 1. The minimum absolute atomic E-state index is 0.280. The molecule has 0 radical (unpaired) electrons. The molecule has 1 aliphatic rings. The summed E-state index contributed by atoms with van der Waals surface area (Å²) >= 11 is 0. The van der Waals surface area contributed by atoms with Crippen LogP contribution in [0.1, 0.15) is 32.8 Å². The maximum Gasteiger partial charge on any atom is 0.534 e. The summed E-state index contributed by atoms with van der Waals surface area (Å²) in [4.78, 5) is 28.8. The molecule has 1 aromatic rings. The molecule has 2 rings (SSSR count). The zero-order valence-electron chi connectivity index (χ0n) is 12.6. The van der Waals surface area contributed by atoms with Crippen molar-refractivity contribution < 1.29 is 23.9 Å². The summed E-state index contributed by atoms with van der Waals surface area (Å²) < 4.78 is 10.2. The number of carbonyl (C=O) groups excluding carboxylic acids is 2. The van der Waals surface area contributed by atoms with E-state index >= 15 is 0 Å². The SMILES string of the molecule is COc1ccc2c(c1)N(OC(=O)OC(C)(C)C)C(=O)CC2. The van der Waals surface area contributed by atoms with Gasteiger partial charge in [-0.2, -0.15) is 0 Å². The number of benzene rings is 1. The number of amides is 1. The number of carbonyl (C=O) groups is 2. The molecule has 114 valence electrons. The van der Waals surface area contributed by atoms with Crippen molar-refractivity contribution in [3.63, 3.8) is 0 Å². The molecule has 0 saturated heterocycles. The number of ether oxygens (including phenoxy) is 2. The Morgan fingerprint density at radius 1 is 1.24 bits per heavy atom. The highest BCUT2D eigenvalue weighted by atomic mass is 16.8. The van der Waals surface area contributed by atoms with Gasteiger partial charge in [0.15, 0.2) is 0 Å². The molecule has 1 heterocycles. The van der Waals surface area contributed by atoms with Crippen molar-refractivity contribution in [2.24, 2.45) is 0 Å². The molecular formula is C15H19NO5. The van der Waals surface area contributed by atoms with Gasteiger partial charge in [-0.15, -0.1) is 5.06 Å². The summed E-state index contributed by atoms with van der Waals surface area (Å²) in [5.41, 5.74) is 0.739. The maximum absolute atomic E-state index is 12.0. The van der Waals surface area contributed by atoms with Crippen LogP contribution < -0.4 is 9.80 Å². The van der Waals surface area contributed by atoms with E-state index in [4.69, 9.17) is 14.3 Å².